The van der Waals surface area contributed by atoms with E-state index in [1.54, 1.807) is 11.8 Å². The summed E-state index contributed by atoms with van der Waals surface area (Å²) in [4.78, 5) is 5.57. The van der Waals surface area contributed by atoms with Crippen LogP contribution in [0, 0.1) is 0 Å². The van der Waals surface area contributed by atoms with E-state index >= 15 is 0 Å². The first-order valence-electron chi connectivity index (χ1n) is 6.20. The van der Waals surface area contributed by atoms with E-state index in [0.717, 1.165) is 15.6 Å². The fourth-order valence-electron chi connectivity index (χ4n) is 1.83. The summed E-state index contributed by atoms with van der Waals surface area (Å²) in [6, 6.07) is 7.70. The first-order chi connectivity index (χ1) is 9.52. The minimum atomic E-state index is 0.281. The van der Waals surface area contributed by atoms with Gasteiger partial charge in [0, 0.05) is 17.0 Å². The Morgan fingerprint density at radius 3 is 2.80 bits per heavy atom. The molecule has 0 aliphatic heterocycles. The number of imidazole rings is 1. The summed E-state index contributed by atoms with van der Waals surface area (Å²) < 4.78 is 1.92. The van der Waals surface area contributed by atoms with E-state index in [4.69, 9.17) is 16.8 Å². The number of rotatable bonds is 4. The first-order valence-corrected chi connectivity index (χ1v) is 7.39. The van der Waals surface area contributed by atoms with Gasteiger partial charge in [0.25, 0.3) is 0 Å². The maximum absolute atomic E-state index is 8.70. The molecule has 0 saturated heterocycles. The molecule has 20 heavy (non-hydrogen) atoms. The van der Waals surface area contributed by atoms with Crippen LogP contribution in [0.3, 0.4) is 0 Å². The molecule has 106 valence electrons. The third kappa shape index (κ3) is 3.16. The summed E-state index contributed by atoms with van der Waals surface area (Å²) >= 11 is 7.62. The van der Waals surface area contributed by atoms with Gasteiger partial charge < -0.3 is 9.77 Å². The van der Waals surface area contributed by atoms with E-state index in [1.807, 2.05) is 35.9 Å². The third-order valence-electron chi connectivity index (χ3n) is 2.83. The Bertz CT molecular complexity index is 637. The van der Waals surface area contributed by atoms with Crippen LogP contribution in [0.4, 0.5) is 0 Å². The van der Waals surface area contributed by atoms with Crippen molar-refractivity contribution in [3.05, 3.63) is 40.8 Å². The number of hydrogen-bond donors (Lipinski definition) is 1. The molecule has 2 rings (SSSR count). The molecule has 1 N–H and O–H groups in total. The molecular weight excluding hydrogens is 294 g/mol. The Morgan fingerprint density at radius 2 is 2.20 bits per heavy atom. The van der Waals surface area contributed by atoms with E-state index in [2.05, 4.69) is 24.0 Å². The van der Waals surface area contributed by atoms with Crippen LogP contribution in [-0.4, -0.2) is 21.0 Å². The van der Waals surface area contributed by atoms with Gasteiger partial charge in [-0.3, -0.25) is 0 Å². The summed E-state index contributed by atoms with van der Waals surface area (Å²) in [6.45, 7) is 4.18. The average Bonchev–Trinajstić information content (AvgIpc) is 2.69. The van der Waals surface area contributed by atoms with Gasteiger partial charge in [0.1, 0.15) is 11.2 Å². The predicted molar refractivity (Wildman–Crippen MR) is 82.3 cm³/mol. The second kappa shape index (κ2) is 6.33. The first kappa shape index (κ1) is 14.9. The Kier molecular flexibility index (Phi) is 4.73. The highest BCUT2D eigenvalue weighted by Gasteiger charge is 2.17. The quantitative estimate of drug-likeness (QED) is 0.524. The fraction of sp³-hybridized carbons (Fsp3) is 0.286. The van der Waals surface area contributed by atoms with Crippen molar-refractivity contribution in [2.45, 2.75) is 29.7 Å². The highest BCUT2D eigenvalue weighted by Crippen LogP contribution is 2.34. The zero-order chi connectivity index (χ0) is 14.7. The van der Waals surface area contributed by atoms with Gasteiger partial charge in [-0.25, -0.2) is 4.98 Å². The van der Waals surface area contributed by atoms with Crippen molar-refractivity contribution in [1.82, 2.24) is 9.55 Å². The van der Waals surface area contributed by atoms with E-state index in [9.17, 15) is 0 Å². The van der Waals surface area contributed by atoms with E-state index < -0.39 is 0 Å². The van der Waals surface area contributed by atoms with E-state index in [0.29, 0.717) is 10.8 Å². The maximum atomic E-state index is 8.70. The molecule has 0 aliphatic carbocycles. The van der Waals surface area contributed by atoms with Gasteiger partial charge in [-0.05, 0) is 24.1 Å². The van der Waals surface area contributed by atoms with Crippen molar-refractivity contribution >= 4 is 29.6 Å². The van der Waals surface area contributed by atoms with Gasteiger partial charge in [0.05, 0.1) is 5.69 Å². The van der Waals surface area contributed by atoms with Crippen molar-refractivity contribution in [3.8, 4) is 0 Å². The van der Waals surface area contributed by atoms with Crippen LogP contribution >= 0.6 is 23.4 Å². The van der Waals surface area contributed by atoms with Gasteiger partial charge in [0.2, 0.25) is 0 Å². The van der Waals surface area contributed by atoms with Gasteiger partial charge in [-0.1, -0.05) is 48.4 Å². The lowest BCUT2D eigenvalue weighted by Crippen LogP contribution is -1.97. The molecule has 0 saturated carbocycles. The molecule has 0 amide bonds. The van der Waals surface area contributed by atoms with Crippen molar-refractivity contribution in [2.24, 2.45) is 12.2 Å². The molecule has 2 aromatic rings. The number of halogens is 1. The standard InChI is InChI=1S/C14H16ClN3OS/c1-9(2)13-14(18(3)12(17-13)8-16-19)20-11-6-4-5-10(15)7-11/h4-9,19H,1-3H3. The summed E-state index contributed by atoms with van der Waals surface area (Å²) in [5, 5.41) is 13.5. The average molecular weight is 310 g/mol. The minimum Gasteiger partial charge on any atom is -0.411 e. The Labute approximate surface area is 127 Å². The van der Waals surface area contributed by atoms with Crippen LogP contribution in [0.5, 0.6) is 0 Å². The van der Waals surface area contributed by atoms with Gasteiger partial charge in [-0.2, -0.15) is 0 Å². The monoisotopic (exact) mass is 309 g/mol. The Balaban J connectivity index is 2.44. The molecule has 1 aromatic carbocycles. The highest BCUT2D eigenvalue weighted by atomic mass is 35.5. The molecule has 0 bridgehead atoms. The molecular formula is C14H16ClN3OS. The molecule has 0 fully saturated rings. The number of benzene rings is 1. The third-order valence-corrected chi connectivity index (χ3v) is 4.23. The van der Waals surface area contributed by atoms with Crippen molar-refractivity contribution < 1.29 is 5.21 Å². The van der Waals surface area contributed by atoms with Gasteiger partial charge in [0.15, 0.2) is 5.82 Å². The molecule has 0 spiro atoms. The van der Waals surface area contributed by atoms with Crippen LogP contribution in [0.2, 0.25) is 5.02 Å². The highest BCUT2D eigenvalue weighted by molar-refractivity contribution is 7.99. The molecule has 0 unspecified atom stereocenters. The van der Waals surface area contributed by atoms with E-state index in [1.165, 1.54) is 6.21 Å². The van der Waals surface area contributed by atoms with E-state index in [-0.39, 0.29) is 5.92 Å². The maximum Gasteiger partial charge on any atom is 0.155 e. The fourth-order valence-corrected chi connectivity index (χ4v) is 3.26. The zero-order valence-corrected chi connectivity index (χ0v) is 13.1. The Hall–Kier alpha value is -1.46. The van der Waals surface area contributed by atoms with Crippen LogP contribution in [0.25, 0.3) is 0 Å². The largest absolute Gasteiger partial charge is 0.411 e. The molecule has 0 radical (unpaired) electrons. The van der Waals surface area contributed by atoms with Crippen LogP contribution in [0.1, 0.15) is 31.3 Å². The van der Waals surface area contributed by atoms with Crippen LogP contribution in [-0.2, 0) is 7.05 Å². The zero-order valence-electron chi connectivity index (χ0n) is 11.5. The lowest BCUT2D eigenvalue weighted by Gasteiger charge is -2.08. The summed E-state index contributed by atoms with van der Waals surface area (Å²) in [5.74, 6) is 0.907. The van der Waals surface area contributed by atoms with Gasteiger partial charge >= 0.3 is 0 Å². The molecule has 1 aromatic heterocycles. The molecule has 0 atom stereocenters. The molecule has 4 nitrogen and oxygen atoms in total. The lowest BCUT2D eigenvalue weighted by molar-refractivity contribution is 0.321. The molecule has 6 heteroatoms. The lowest BCUT2D eigenvalue weighted by atomic mass is 10.2. The van der Waals surface area contributed by atoms with Crippen molar-refractivity contribution in [3.63, 3.8) is 0 Å². The number of nitrogens with zero attached hydrogens (tertiary/aromatic N) is 3. The molecule has 1 heterocycles. The second-order valence-electron chi connectivity index (χ2n) is 4.68. The van der Waals surface area contributed by atoms with Crippen LogP contribution in [0.15, 0.2) is 39.3 Å². The second-order valence-corrected chi connectivity index (χ2v) is 6.18. The van der Waals surface area contributed by atoms with Crippen LogP contribution < -0.4 is 0 Å². The smallest absolute Gasteiger partial charge is 0.155 e. The van der Waals surface area contributed by atoms with Crippen molar-refractivity contribution in [2.75, 3.05) is 0 Å². The van der Waals surface area contributed by atoms with Gasteiger partial charge in [-0.15, -0.1) is 0 Å². The van der Waals surface area contributed by atoms with Crippen molar-refractivity contribution in [1.29, 1.82) is 0 Å². The number of oxime groups is 1. The summed E-state index contributed by atoms with van der Waals surface area (Å²) in [7, 11) is 1.91. The predicted octanol–water partition coefficient (Wildman–Crippen LogP) is 4.16. The number of aromatic nitrogens is 2. The Morgan fingerprint density at radius 1 is 1.45 bits per heavy atom. The summed E-state index contributed by atoms with van der Waals surface area (Å²) in [6.07, 6.45) is 1.34. The SMILES string of the molecule is CC(C)c1nc(C=NO)n(C)c1Sc1cccc(Cl)c1. The summed E-state index contributed by atoms with van der Waals surface area (Å²) in [5.41, 5.74) is 0.979. The minimum absolute atomic E-state index is 0.281. The number of hydrogen-bond acceptors (Lipinski definition) is 4. The topological polar surface area (TPSA) is 50.4 Å². The normalized spacial score (nSPS) is 11.7. The molecule has 0 aliphatic rings.